The Morgan fingerprint density at radius 1 is 1.71 bits per heavy atom. The summed E-state index contributed by atoms with van der Waals surface area (Å²) in [7, 11) is 0. The third kappa shape index (κ3) is 1.20. The van der Waals surface area contributed by atoms with Crippen LogP contribution in [0.3, 0.4) is 0 Å². The summed E-state index contributed by atoms with van der Waals surface area (Å²) in [5.41, 5.74) is 0. The van der Waals surface area contributed by atoms with Crippen molar-refractivity contribution in [3.05, 3.63) is 12.3 Å². The van der Waals surface area contributed by atoms with Gasteiger partial charge in [0.2, 0.25) is 0 Å². The maximum atomic E-state index is 4.97. The fraction of sp³-hybridized carbons (Fsp3) is 0.600. The van der Waals surface area contributed by atoms with Gasteiger partial charge >= 0.3 is 0 Å². The van der Waals surface area contributed by atoms with Crippen LogP contribution in [0.1, 0.15) is 6.92 Å². The molecule has 1 aliphatic rings. The predicted molar refractivity (Wildman–Crippen MR) is 25.6 cm³/mol. The molecular formula is C5H8O2. The number of rotatable bonds is 0. The van der Waals surface area contributed by atoms with E-state index in [0.29, 0.717) is 6.79 Å². The van der Waals surface area contributed by atoms with Crippen LogP contribution in [0.15, 0.2) is 12.3 Å². The molecule has 0 aromatic carbocycles. The topological polar surface area (TPSA) is 18.5 Å². The van der Waals surface area contributed by atoms with Gasteiger partial charge in [0, 0.05) is 0 Å². The van der Waals surface area contributed by atoms with E-state index in [0.717, 1.165) is 0 Å². The van der Waals surface area contributed by atoms with Crippen molar-refractivity contribution in [1.82, 2.24) is 0 Å². The van der Waals surface area contributed by atoms with Gasteiger partial charge < -0.3 is 9.47 Å². The van der Waals surface area contributed by atoms with E-state index in [1.165, 1.54) is 0 Å². The van der Waals surface area contributed by atoms with Crippen molar-refractivity contribution in [2.45, 2.75) is 13.0 Å². The molecule has 2 heteroatoms. The number of hydrogen-bond donors (Lipinski definition) is 0. The highest BCUT2D eigenvalue weighted by Gasteiger charge is 1.98. The monoisotopic (exact) mass is 100 g/mol. The average Bonchev–Trinajstić information content (AvgIpc) is 1.69. The molecule has 0 amide bonds. The molecule has 0 saturated carbocycles. The van der Waals surface area contributed by atoms with Crippen molar-refractivity contribution in [1.29, 1.82) is 0 Å². The summed E-state index contributed by atoms with van der Waals surface area (Å²) < 4.78 is 9.71. The fourth-order valence-corrected chi connectivity index (χ4v) is 0.408. The van der Waals surface area contributed by atoms with Gasteiger partial charge in [0.25, 0.3) is 0 Å². The summed E-state index contributed by atoms with van der Waals surface area (Å²) in [6.45, 7) is 2.37. The second-order valence-corrected chi connectivity index (χ2v) is 1.48. The van der Waals surface area contributed by atoms with Crippen LogP contribution in [-0.4, -0.2) is 12.9 Å². The number of hydrogen-bond acceptors (Lipinski definition) is 2. The zero-order chi connectivity index (χ0) is 5.11. The molecule has 1 rings (SSSR count). The summed E-state index contributed by atoms with van der Waals surface area (Å²) in [5, 5.41) is 0. The van der Waals surface area contributed by atoms with Gasteiger partial charge in [-0.1, -0.05) is 0 Å². The van der Waals surface area contributed by atoms with Gasteiger partial charge in [-0.3, -0.25) is 0 Å². The highest BCUT2D eigenvalue weighted by atomic mass is 16.7. The largest absolute Gasteiger partial charge is 0.475 e. The molecule has 0 saturated heterocycles. The fourth-order valence-electron chi connectivity index (χ4n) is 0.408. The standard InChI is InChI=1S/C5H8O2/c1-5-2-3-6-4-7-5/h2-3,5H,4H2,1H3. The van der Waals surface area contributed by atoms with Crippen LogP contribution >= 0.6 is 0 Å². The van der Waals surface area contributed by atoms with Crippen LogP contribution in [-0.2, 0) is 9.47 Å². The molecule has 0 aromatic rings. The Morgan fingerprint density at radius 3 is 2.86 bits per heavy atom. The van der Waals surface area contributed by atoms with E-state index >= 15 is 0 Å². The first kappa shape index (κ1) is 4.65. The maximum Gasteiger partial charge on any atom is 0.188 e. The lowest BCUT2D eigenvalue weighted by Gasteiger charge is -2.12. The zero-order valence-corrected chi connectivity index (χ0v) is 4.26. The first-order valence-corrected chi connectivity index (χ1v) is 2.29. The van der Waals surface area contributed by atoms with Gasteiger partial charge in [-0.2, -0.15) is 0 Å². The van der Waals surface area contributed by atoms with E-state index in [2.05, 4.69) is 0 Å². The highest BCUT2D eigenvalue weighted by Crippen LogP contribution is 1.98. The van der Waals surface area contributed by atoms with Crippen LogP contribution in [0.2, 0.25) is 0 Å². The summed E-state index contributed by atoms with van der Waals surface area (Å²) in [5.74, 6) is 0. The summed E-state index contributed by atoms with van der Waals surface area (Å²) in [6.07, 6.45) is 3.76. The van der Waals surface area contributed by atoms with Crippen LogP contribution in [0.5, 0.6) is 0 Å². The molecular weight excluding hydrogens is 92.1 g/mol. The molecule has 0 radical (unpaired) electrons. The zero-order valence-electron chi connectivity index (χ0n) is 4.26. The second kappa shape index (κ2) is 1.98. The molecule has 40 valence electrons. The lowest BCUT2D eigenvalue weighted by molar-refractivity contribution is -0.0505. The van der Waals surface area contributed by atoms with Crippen LogP contribution < -0.4 is 0 Å². The molecule has 1 unspecified atom stereocenters. The Bertz CT molecular complexity index is 78.1. The van der Waals surface area contributed by atoms with E-state index in [4.69, 9.17) is 9.47 Å². The normalized spacial score (nSPS) is 29.6. The number of ether oxygens (including phenoxy) is 2. The van der Waals surface area contributed by atoms with Gasteiger partial charge in [-0.05, 0) is 13.0 Å². The Labute approximate surface area is 42.7 Å². The van der Waals surface area contributed by atoms with Crippen molar-refractivity contribution < 1.29 is 9.47 Å². The molecule has 0 N–H and O–H groups in total. The first-order valence-electron chi connectivity index (χ1n) is 2.29. The van der Waals surface area contributed by atoms with Crippen LogP contribution in [0, 0.1) is 0 Å². The van der Waals surface area contributed by atoms with E-state index in [9.17, 15) is 0 Å². The Kier molecular flexibility index (Phi) is 1.32. The Morgan fingerprint density at radius 2 is 2.57 bits per heavy atom. The lowest BCUT2D eigenvalue weighted by Crippen LogP contribution is -2.10. The van der Waals surface area contributed by atoms with Gasteiger partial charge in [-0.15, -0.1) is 0 Å². The molecule has 0 spiro atoms. The first-order chi connectivity index (χ1) is 3.39. The molecule has 0 bridgehead atoms. The van der Waals surface area contributed by atoms with Crippen molar-refractivity contribution in [3.8, 4) is 0 Å². The molecule has 1 atom stereocenters. The van der Waals surface area contributed by atoms with E-state index in [-0.39, 0.29) is 6.10 Å². The minimum absolute atomic E-state index is 0.230. The molecule has 0 aliphatic carbocycles. The summed E-state index contributed by atoms with van der Waals surface area (Å²) >= 11 is 0. The van der Waals surface area contributed by atoms with Crippen molar-refractivity contribution in [2.75, 3.05) is 6.79 Å². The van der Waals surface area contributed by atoms with E-state index < -0.39 is 0 Å². The smallest absolute Gasteiger partial charge is 0.188 e. The van der Waals surface area contributed by atoms with E-state index in [1.54, 1.807) is 6.26 Å². The average molecular weight is 100 g/mol. The summed E-state index contributed by atoms with van der Waals surface area (Å²) in [4.78, 5) is 0. The van der Waals surface area contributed by atoms with Crippen LogP contribution in [0.4, 0.5) is 0 Å². The van der Waals surface area contributed by atoms with Gasteiger partial charge in [0.15, 0.2) is 6.79 Å². The highest BCUT2D eigenvalue weighted by molar-refractivity contribution is 4.82. The SMILES string of the molecule is CC1C=COCO1. The third-order valence-electron chi connectivity index (χ3n) is 0.845. The Balaban J connectivity index is 2.36. The van der Waals surface area contributed by atoms with Crippen molar-refractivity contribution >= 4 is 0 Å². The molecule has 7 heavy (non-hydrogen) atoms. The third-order valence-corrected chi connectivity index (χ3v) is 0.845. The van der Waals surface area contributed by atoms with Gasteiger partial charge in [0.1, 0.15) is 0 Å². The van der Waals surface area contributed by atoms with Gasteiger partial charge in [0.05, 0.1) is 12.4 Å². The Hall–Kier alpha value is -0.500. The molecule has 0 aromatic heterocycles. The quantitative estimate of drug-likeness (QED) is 0.450. The molecule has 2 nitrogen and oxygen atoms in total. The molecule has 0 fully saturated rings. The van der Waals surface area contributed by atoms with Crippen molar-refractivity contribution in [2.24, 2.45) is 0 Å². The van der Waals surface area contributed by atoms with E-state index in [1.807, 2.05) is 13.0 Å². The minimum Gasteiger partial charge on any atom is -0.475 e. The van der Waals surface area contributed by atoms with Gasteiger partial charge in [-0.25, -0.2) is 0 Å². The molecule has 1 aliphatic heterocycles. The lowest BCUT2D eigenvalue weighted by atomic mass is 10.4. The maximum absolute atomic E-state index is 4.97. The predicted octanol–water partition coefficient (Wildman–Crippen LogP) is 0.893. The second-order valence-electron chi connectivity index (χ2n) is 1.48. The summed E-state index contributed by atoms with van der Waals surface area (Å²) in [6, 6.07) is 0. The van der Waals surface area contributed by atoms with Crippen LogP contribution in [0.25, 0.3) is 0 Å². The van der Waals surface area contributed by atoms with Crippen molar-refractivity contribution in [3.63, 3.8) is 0 Å². The minimum atomic E-state index is 0.230. The molecule has 1 heterocycles.